The number of carbonyl (C=O) groups excluding carboxylic acids is 2. The maximum absolute atomic E-state index is 13.0. The number of benzene rings is 1. The minimum atomic E-state index is -0.416. The molecule has 0 aliphatic heterocycles. The van der Waals surface area contributed by atoms with Gasteiger partial charge in [0.05, 0.1) is 17.5 Å². The zero-order chi connectivity index (χ0) is 18.4. The van der Waals surface area contributed by atoms with Gasteiger partial charge in [-0.05, 0) is 24.6 Å². The fraction of sp³-hybridized carbons (Fsp3) is 0.333. The number of rotatable bonds is 8. The Morgan fingerprint density at radius 2 is 1.76 bits per heavy atom. The molecule has 1 heterocycles. The van der Waals surface area contributed by atoms with Gasteiger partial charge in [-0.2, -0.15) is 0 Å². The molecular weight excluding hydrogens is 383 g/mol. The van der Waals surface area contributed by atoms with Gasteiger partial charge in [0.1, 0.15) is 5.82 Å². The van der Waals surface area contributed by atoms with Gasteiger partial charge in [0.15, 0.2) is 8.68 Å². The van der Waals surface area contributed by atoms with Crippen molar-refractivity contribution in [3.05, 3.63) is 35.6 Å². The van der Waals surface area contributed by atoms with Crippen LogP contribution < -0.4 is 5.73 Å². The van der Waals surface area contributed by atoms with E-state index in [0.717, 1.165) is 5.56 Å². The predicted molar refractivity (Wildman–Crippen MR) is 98.1 cm³/mol. The molecule has 0 bridgehead atoms. The molecule has 1 unspecified atom stereocenters. The van der Waals surface area contributed by atoms with Crippen molar-refractivity contribution in [2.45, 2.75) is 21.6 Å². The molecule has 2 rings (SSSR count). The highest BCUT2D eigenvalue weighted by atomic mass is 32.2. The summed E-state index contributed by atoms with van der Waals surface area (Å²) in [7, 11) is 1.71. The van der Waals surface area contributed by atoms with Crippen molar-refractivity contribution in [2.75, 3.05) is 18.6 Å². The average Bonchev–Trinajstić information content (AvgIpc) is 3.05. The Morgan fingerprint density at radius 3 is 2.32 bits per heavy atom. The van der Waals surface area contributed by atoms with Crippen LogP contribution in [0.25, 0.3) is 0 Å². The second-order valence-corrected chi connectivity index (χ2v) is 8.53. The summed E-state index contributed by atoms with van der Waals surface area (Å²) in [6.45, 7) is 1.89. The van der Waals surface area contributed by atoms with Gasteiger partial charge < -0.3 is 10.6 Å². The molecule has 1 aromatic heterocycles. The second-order valence-electron chi connectivity index (χ2n) is 5.11. The zero-order valence-corrected chi connectivity index (χ0v) is 16.1. The topological polar surface area (TPSA) is 89.2 Å². The number of thioether (sulfide) groups is 2. The van der Waals surface area contributed by atoms with E-state index in [1.165, 1.54) is 47.0 Å². The molecule has 0 aliphatic carbocycles. The average molecular weight is 401 g/mol. The van der Waals surface area contributed by atoms with Crippen molar-refractivity contribution in [1.82, 2.24) is 15.1 Å². The van der Waals surface area contributed by atoms with Crippen LogP contribution in [0.15, 0.2) is 32.9 Å². The van der Waals surface area contributed by atoms with E-state index in [2.05, 4.69) is 10.2 Å². The molecule has 2 amide bonds. The summed E-state index contributed by atoms with van der Waals surface area (Å²) >= 11 is 3.83. The number of primary amides is 1. The Balaban J connectivity index is 1.86. The largest absolute Gasteiger partial charge is 0.369 e. The van der Waals surface area contributed by atoms with Crippen molar-refractivity contribution >= 4 is 46.7 Å². The third kappa shape index (κ3) is 5.98. The Labute approximate surface area is 157 Å². The number of halogens is 1. The number of hydrogen-bond donors (Lipinski definition) is 1. The molecule has 10 heteroatoms. The number of nitrogens with zero attached hydrogens (tertiary/aromatic N) is 3. The number of carbonyl (C=O) groups is 2. The molecule has 2 N–H and O–H groups in total. The lowest BCUT2D eigenvalue weighted by Gasteiger charge is -2.25. The van der Waals surface area contributed by atoms with E-state index < -0.39 is 5.91 Å². The van der Waals surface area contributed by atoms with Gasteiger partial charge in [0, 0.05) is 7.05 Å². The van der Waals surface area contributed by atoms with Crippen LogP contribution in [0, 0.1) is 5.82 Å². The Bertz CT molecular complexity index is 739. The van der Waals surface area contributed by atoms with E-state index in [-0.39, 0.29) is 29.3 Å². The first-order valence-corrected chi connectivity index (χ1v) is 10.0. The van der Waals surface area contributed by atoms with Crippen LogP contribution in [0.4, 0.5) is 4.39 Å². The summed E-state index contributed by atoms with van der Waals surface area (Å²) in [6, 6.07) is 5.94. The first kappa shape index (κ1) is 19.7. The number of hydrogen-bond acceptors (Lipinski definition) is 7. The van der Waals surface area contributed by atoms with Crippen molar-refractivity contribution in [3.63, 3.8) is 0 Å². The minimum absolute atomic E-state index is 0.0663. The standard InChI is InChI=1S/C15H17FN4O2S3/c1-9(10-3-5-11(16)6-4-10)20(2)13(22)8-24-15-19-18-14(25-15)23-7-12(17)21/h3-6,9H,7-8H2,1-2H3,(H2,17,21). The predicted octanol–water partition coefficient (Wildman–Crippen LogP) is 2.57. The van der Waals surface area contributed by atoms with Gasteiger partial charge in [-0.15, -0.1) is 10.2 Å². The van der Waals surface area contributed by atoms with Gasteiger partial charge in [0.25, 0.3) is 0 Å². The lowest BCUT2D eigenvalue weighted by molar-refractivity contribution is -0.129. The van der Waals surface area contributed by atoms with Gasteiger partial charge in [-0.25, -0.2) is 4.39 Å². The molecule has 0 spiro atoms. The van der Waals surface area contributed by atoms with E-state index in [9.17, 15) is 14.0 Å². The van der Waals surface area contributed by atoms with E-state index in [4.69, 9.17) is 5.73 Å². The van der Waals surface area contributed by atoms with Gasteiger partial charge in [-0.1, -0.05) is 47.0 Å². The lowest BCUT2D eigenvalue weighted by atomic mass is 10.1. The summed E-state index contributed by atoms with van der Waals surface area (Å²) in [4.78, 5) is 24.7. The van der Waals surface area contributed by atoms with Gasteiger partial charge in [-0.3, -0.25) is 9.59 Å². The van der Waals surface area contributed by atoms with E-state index in [1.807, 2.05) is 6.92 Å². The van der Waals surface area contributed by atoms with Gasteiger partial charge >= 0.3 is 0 Å². The Morgan fingerprint density at radius 1 is 1.20 bits per heavy atom. The van der Waals surface area contributed by atoms with Crippen molar-refractivity contribution in [1.29, 1.82) is 0 Å². The van der Waals surface area contributed by atoms with Gasteiger partial charge in [0.2, 0.25) is 11.8 Å². The second kappa shape index (κ2) is 9.16. The fourth-order valence-corrected chi connectivity index (χ4v) is 4.54. The summed E-state index contributed by atoms with van der Waals surface area (Å²) in [5.41, 5.74) is 5.95. The van der Waals surface area contributed by atoms with E-state index in [1.54, 1.807) is 24.1 Å². The van der Waals surface area contributed by atoms with Crippen LogP contribution in [-0.2, 0) is 9.59 Å². The normalized spacial score (nSPS) is 12.0. The van der Waals surface area contributed by atoms with Crippen molar-refractivity contribution < 1.29 is 14.0 Å². The SMILES string of the molecule is CC(c1ccc(F)cc1)N(C)C(=O)CSc1nnc(SCC(N)=O)s1. The fourth-order valence-electron chi connectivity index (χ4n) is 1.85. The summed E-state index contributed by atoms with van der Waals surface area (Å²) < 4.78 is 14.3. The highest BCUT2D eigenvalue weighted by molar-refractivity contribution is 8.03. The first-order valence-electron chi connectivity index (χ1n) is 7.25. The lowest BCUT2D eigenvalue weighted by Crippen LogP contribution is -2.31. The number of amides is 2. The van der Waals surface area contributed by atoms with Crippen LogP contribution in [0.3, 0.4) is 0 Å². The van der Waals surface area contributed by atoms with E-state index >= 15 is 0 Å². The molecule has 0 radical (unpaired) electrons. The Hall–Kier alpha value is -1.65. The molecule has 1 atom stereocenters. The molecule has 134 valence electrons. The third-order valence-corrected chi connectivity index (χ3v) is 6.57. The van der Waals surface area contributed by atoms with Crippen LogP contribution in [-0.4, -0.2) is 45.5 Å². The zero-order valence-electron chi connectivity index (χ0n) is 13.6. The van der Waals surface area contributed by atoms with Crippen molar-refractivity contribution in [2.24, 2.45) is 5.73 Å². The quantitative estimate of drug-likeness (QED) is 0.685. The highest BCUT2D eigenvalue weighted by Crippen LogP contribution is 2.29. The highest BCUT2D eigenvalue weighted by Gasteiger charge is 2.18. The van der Waals surface area contributed by atoms with Crippen LogP contribution in [0.5, 0.6) is 0 Å². The van der Waals surface area contributed by atoms with E-state index in [0.29, 0.717) is 8.68 Å². The molecular formula is C15H17FN4O2S3. The molecule has 2 aromatic rings. The summed E-state index contributed by atoms with van der Waals surface area (Å²) in [6.07, 6.45) is 0. The molecule has 0 saturated carbocycles. The Kier molecular flexibility index (Phi) is 7.21. The van der Waals surface area contributed by atoms with Crippen LogP contribution in [0.2, 0.25) is 0 Å². The number of nitrogens with two attached hydrogens (primary N) is 1. The monoisotopic (exact) mass is 400 g/mol. The maximum Gasteiger partial charge on any atom is 0.233 e. The molecule has 25 heavy (non-hydrogen) atoms. The van der Waals surface area contributed by atoms with Crippen molar-refractivity contribution in [3.8, 4) is 0 Å². The molecule has 0 aliphatic rings. The summed E-state index contributed by atoms with van der Waals surface area (Å²) in [5.74, 6) is -0.418. The first-order chi connectivity index (χ1) is 11.9. The maximum atomic E-state index is 13.0. The molecule has 6 nitrogen and oxygen atoms in total. The number of aromatic nitrogens is 2. The van der Waals surface area contributed by atoms with Crippen LogP contribution in [0.1, 0.15) is 18.5 Å². The molecule has 0 fully saturated rings. The summed E-state index contributed by atoms with van der Waals surface area (Å²) in [5, 5.41) is 7.93. The molecule has 0 saturated heterocycles. The van der Waals surface area contributed by atoms with Crippen LogP contribution >= 0.6 is 34.9 Å². The smallest absolute Gasteiger partial charge is 0.233 e. The third-order valence-electron chi connectivity index (χ3n) is 3.37. The molecule has 1 aromatic carbocycles. The minimum Gasteiger partial charge on any atom is -0.369 e.